The number of rotatable bonds is 5. The Labute approximate surface area is 167 Å². The third-order valence-electron chi connectivity index (χ3n) is 4.97. The average Bonchev–Trinajstić information content (AvgIpc) is 3.17. The quantitative estimate of drug-likeness (QED) is 0.603. The third kappa shape index (κ3) is 3.65. The van der Waals surface area contributed by atoms with Crippen LogP contribution in [0.25, 0.3) is 10.9 Å². The second-order valence-electron chi connectivity index (χ2n) is 7.01. The van der Waals surface area contributed by atoms with Gasteiger partial charge in [0, 0.05) is 18.7 Å². The normalized spacial score (nSPS) is 17.7. The van der Waals surface area contributed by atoms with Gasteiger partial charge in [0.25, 0.3) is 5.56 Å². The van der Waals surface area contributed by atoms with Crippen molar-refractivity contribution < 1.29 is 0 Å². The molecule has 4 N–H and O–H groups in total. The van der Waals surface area contributed by atoms with Crippen molar-refractivity contribution >= 4 is 34.1 Å². The van der Waals surface area contributed by atoms with Crippen LogP contribution in [-0.2, 0) is 6.54 Å². The number of benzene rings is 1. The summed E-state index contributed by atoms with van der Waals surface area (Å²) in [7, 11) is 0. The minimum absolute atomic E-state index is 0.129. The van der Waals surface area contributed by atoms with Crippen molar-refractivity contribution in [1.82, 2.24) is 24.8 Å². The number of anilines is 2. The minimum Gasteiger partial charge on any atom is -0.384 e. The maximum Gasteiger partial charge on any atom is 0.263 e. The molecule has 0 bridgehead atoms. The van der Waals surface area contributed by atoms with E-state index >= 15 is 0 Å². The molecular formula is C19H22ClN7O. The number of hydrogen-bond donors (Lipinski definition) is 3. The number of halogens is 1. The molecule has 1 aliphatic heterocycles. The third-order valence-corrected chi connectivity index (χ3v) is 5.28. The zero-order valence-electron chi connectivity index (χ0n) is 15.5. The summed E-state index contributed by atoms with van der Waals surface area (Å²) in [5.41, 5.74) is 6.19. The molecule has 1 saturated heterocycles. The Morgan fingerprint density at radius 2 is 2.29 bits per heavy atom. The minimum atomic E-state index is -0.271. The van der Waals surface area contributed by atoms with Crippen molar-refractivity contribution in [2.45, 2.75) is 38.4 Å². The van der Waals surface area contributed by atoms with Crippen molar-refractivity contribution in [3.05, 3.63) is 51.8 Å². The maximum absolute atomic E-state index is 13.3. The van der Waals surface area contributed by atoms with Crippen molar-refractivity contribution in [2.24, 2.45) is 0 Å². The van der Waals surface area contributed by atoms with E-state index in [4.69, 9.17) is 22.3 Å². The van der Waals surface area contributed by atoms with Crippen LogP contribution >= 0.6 is 11.6 Å². The Kier molecular flexibility index (Phi) is 5.15. The summed E-state index contributed by atoms with van der Waals surface area (Å²) >= 11 is 6.31. The maximum atomic E-state index is 13.3. The molecule has 1 aromatic carbocycles. The standard InChI is InChI=1S/C19H22ClN7O/c1-11(25-16-8-15(21)23-10-24-16)18-26-14-6-2-5-13(20)17(14)19(28)27(18)9-12-4-3-7-22-12/h2,5-6,8,10-12,22H,3-4,7,9H2,1H3,(H3,21,23,24,25)/t11-,12?/m0/s1. The van der Waals surface area contributed by atoms with Crippen LogP contribution < -0.4 is 21.9 Å². The van der Waals surface area contributed by atoms with Crippen LogP contribution in [0.5, 0.6) is 0 Å². The number of aromatic nitrogens is 4. The second-order valence-corrected chi connectivity index (χ2v) is 7.41. The van der Waals surface area contributed by atoms with Crippen LogP contribution in [-0.4, -0.2) is 32.1 Å². The van der Waals surface area contributed by atoms with Crippen molar-refractivity contribution in [1.29, 1.82) is 0 Å². The summed E-state index contributed by atoms with van der Waals surface area (Å²) in [4.78, 5) is 26.2. The van der Waals surface area contributed by atoms with Gasteiger partial charge in [0.15, 0.2) is 0 Å². The predicted octanol–water partition coefficient (Wildman–Crippen LogP) is 2.35. The van der Waals surface area contributed by atoms with Gasteiger partial charge in [0.2, 0.25) is 0 Å². The van der Waals surface area contributed by atoms with Crippen LogP contribution in [0.15, 0.2) is 35.4 Å². The van der Waals surface area contributed by atoms with Gasteiger partial charge in [0.05, 0.1) is 22.0 Å². The first-order valence-electron chi connectivity index (χ1n) is 9.29. The molecule has 28 heavy (non-hydrogen) atoms. The topological polar surface area (TPSA) is 111 Å². The second kappa shape index (κ2) is 7.73. The molecule has 2 aromatic heterocycles. The molecule has 8 nitrogen and oxygen atoms in total. The first-order chi connectivity index (χ1) is 13.5. The van der Waals surface area contributed by atoms with Gasteiger partial charge >= 0.3 is 0 Å². The molecule has 2 atom stereocenters. The summed E-state index contributed by atoms with van der Waals surface area (Å²) in [5.74, 6) is 1.58. The van der Waals surface area contributed by atoms with Gasteiger partial charge in [-0.2, -0.15) is 0 Å². The zero-order chi connectivity index (χ0) is 19.7. The summed E-state index contributed by atoms with van der Waals surface area (Å²) in [6.07, 6.45) is 3.52. The first-order valence-corrected chi connectivity index (χ1v) is 9.67. The Morgan fingerprint density at radius 1 is 1.43 bits per heavy atom. The molecule has 1 fully saturated rings. The number of hydrogen-bond acceptors (Lipinski definition) is 7. The van der Waals surface area contributed by atoms with Gasteiger partial charge in [-0.25, -0.2) is 15.0 Å². The molecule has 1 unspecified atom stereocenters. The number of nitrogens with two attached hydrogens (primary N) is 1. The molecular weight excluding hydrogens is 378 g/mol. The molecule has 9 heteroatoms. The lowest BCUT2D eigenvalue weighted by Gasteiger charge is -2.22. The molecule has 1 aliphatic rings. The van der Waals surface area contributed by atoms with Crippen LogP contribution in [0, 0.1) is 0 Å². The lowest BCUT2D eigenvalue weighted by atomic mass is 10.2. The molecule has 3 aromatic rings. The van der Waals surface area contributed by atoms with E-state index in [1.165, 1.54) is 6.33 Å². The highest BCUT2D eigenvalue weighted by Gasteiger charge is 2.22. The highest BCUT2D eigenvalue weighted by atomic mass is 35.5. The van der Waals surface area contributed by atoms with Gasteiger partial charge in [0.1, 0.15) is 23.8 Å². The van der Waals surface area contributed by atoms with E-state index in [0.717, 1.165) is 19.4 Å². The average molecular weight is 400 g/mol. The van der Waals surface area contributed by atoms with Crippen LogP contribution in [0.1, 0.15) is 31.6 Å². The van der Waals surface area contributed by atoms with Crippen molar-refractivity contribution in [3.63, 3.8) is 0 Å². The fourth-order valence-corrected chi connectivity index (χ4v) is 3.87. The van der Waals surface area contributed by atoms with E-state index in [9.17, 15) is 4.79 Å². The fourth-order valence-electron chi connectivity index (χ4n) is 3.62. The summed E-state index contributed by atoms with van der Waals surface area (Å²) in [6, 6.07) is 6.94. The largest absolute Gasteiger partial charge is 0.384 e. The lowest BCUT2D eigenvalue weighted by molar-refractivity contribution is 0.475. The monoisotopic (exact) mass is 399 g/mol. The van der Waals surface area contributed by atoms with Crippen LogP contribution in [0.2, 0.25) is 5.02 Å². The first kappa shape index (κ1) is 18.6. The highest BCUT2D eigenvalue weighted by molar-refractivity contribution is 6.35. The zero-order valence-corrected chi connectivity index (χ0v) is 16.3. The molecule has 0 saturated carbocycles. The van der Waals surface area contributed by atoms with E-state index in [-0.39, 0.29) is 17.6 Å². The van der Waals surface area contributed by atoms with Gasteiger partial charge in [-0.1, -0.05) is 17.7 Å². The van der Waals surface area contributed by atoms with Gasteiger partial charge in [-0.05, 0) is 38.4 Å². The summed E-state index contributed by atoms with van der Waals surface area (Å²) in [5, 5.41) is 7.57. The molecule has 0 spiro atoms. The SMILES string of the molecule is C[C@H](Nc1cc(N)ncn1)c1nc2cccc(Cl)c2c(=O)n1CC1CCCN1. The van der Waals surface area contributed by atoms with E-state index in [0.29, 0.717) is 39.9 Å². The number of nitrogens with zero attached hydrogens (tertiary/aromatic N) is 4. The number of fused-ring (bicyclic) bond motifs is 1. The molecule has 4 rings (SSSR count). The molecule has 0 radical (unpaired) electrons. The molecule has 3 heterocycles. The van der Waals surface area contributed by atoms with Crippen molar-refractivity contribution in [2.75, 3.05) is 17.6 Å². The Balaban J connectivity index is 1.79. The van der Waals surface area contributed by atoms with Gasteiger partial charge < -0.3 is 16.4 Å². The predicted molar refractivity (Wildman–Crippen MR) is 111 cm³/mol. The van der Waals surface area contributed by atoms with E-state index < -0.39 is 0 Å². The van der Waals surface area contributed by atoms with E-state index in [1.807, 2.05) is 6.92 Å². The van der Waals surface area contributed by atoms with Crippen molar-refractivity contribution in [3.8, 4) is 0 Å². The summed E-state index contributed by atoms with van der Waals surface area (Å²) in [6.45, 7) is 3.44. The highest BCUT2D eigenvalue weighted by Crippen LogP contribution is 2.23. The smallest absolute Gasteiger partial charge is 0.263 e. The van der Waals surface area contributed by atoms with Crippen LogP contribution in [0.3, 0.4) is 0 Å². The Hall–Kier alpha value is -2.71. The Bertz CT molecular complexity index is 1060. The number of nitrogen functional groups attached to an aromatic ring is 1. The molecule has 0 amide bonds. The molecule has 146 valence electrons. The van der Waals surface area contributed by atoms with Crippen LogP contribution in [0.4, 0.5) is 11.6 Å². The Morgan fingerprint density at radius 3 is 3.04 bits per heavy atom. The lowest BCUT2D eigenvalue weighted by Crippen LogP contribution is -2.36. The number of nitrogens with one attached hydrogen (secondary N) is 2. The fraction of sp³-hybridized carbons (Fsp3) is 0.368. The van der Waals surface area contributed by atoms with E-state index in [1.54, 1.807) is 28.8 Å². The summed E-state index contributed by atoms with van der Waals surface area (Å²) < 4.78 is 1.72. The van der Waals surface area contributed by atoms with E-state index in [2.05, 4.69) is 20.6 Å². The molecule has 0 aliphatic carbocycles. The van der Waals surface area contributed by atoms with Gasteiger partial charge in [-0.15, -0.1) is 0 Å². The van der Waals surface area contributed by atoms with Gasteiger partial charge in [-0.3, -0.25) is 9.36 Å².